The Morgan fingerprint density at radius 2 is 1.70 bits per heavy atom. The van der Waals surface area contributed by atoms with E-state index in [9.17, 15) is 8.76 Å². The van der Waals surface area contributed by atoms with Gasteiger partial charge in [-0.25, -0.2) is 9.19 Å². The van der Waals surface area contributed by atoms with Crippen LogP contribution in [0.15, 0.2) is 68.8 Å². The van der Waals surface area contributed by atoms with E-state index in [1.54, 1.807) is 22.1 Å². The fraction of sp³-hybridized carbons (Fsp3) is 0.105. The summed E-state index contributed by atoms with van der Waals surface area (Å²) >= 11 is 1.19. The summed E-state index contributed by atoms with van der Waals surface area (Å²) in [6.45, 7) is 3.96. The zero-order valence-corrected chi connectivity index (χ0v) is 16.4. The number of benzene rings is 1. The summed E-state index contributed by atoms with van der Waals surface area (Å²) in [5, 5.41) is 1.74. The fourth-order valence-electron chi connectivity index (χ4n) is 2.82. The summed E-state index contributed by atoms with van der Waals surface area (Å²) in [5.74, 6) is 0.545. The fourth-order valence-corrected chi connectivity index (χ4v) is 4.76. The number of hydrogen-bond acceptors (Lipinski definition) is 5. The van der Waals surface area contributed by atoms with Crippen molar-refractivity contribution in [3.05, 3.63) is 71.4 Å². The molecule has 0 amide bonds. The standard InChI is InChI=1S/C19H16N4O2S2/c1-13-10-14(2)12-23(11-13)19-18(20-15-6-3-4-7-16(15)21-19)22-27(24,25)17-8-5-9-26-17/h3-12H,1-2H3/p+1. The molecule has 0 saturated carbocycles. The van der Waals surface area contributed by atoms with Crippen LogP contribution in [-0.2, 0) is 10.0 Å². The molecule has 3 aromatic heterocycles. The Kier molecular flexibility index (Phi) is 4.47. The van der Waals surface area contributed by atoms with Crippen LogP contribution in [0.4, 0.5) is 5.82 Å². The van der Waals surface area contributed by atoms with E-state index in [0.717, 1.165) is 11.1 Å². The molecule has 4 rings (SSSR count). The highest BCUT2D eigenvalue weighted by Gasteiger charge is 2.22. The minimum Gasteiger partial charge on any atom is -0.296 e. The second-order valence-corrected chi connectivity index (χ2v) is 9.00. The van der Waals surface area contributed by atoms with Gasteiger partial charge in [-0.05, 0) is 59.6 Å². The number of para-hydroxylation sites is 2. The van der Waals surface area contributed by atoms with Crippen LogP contribution >= 0.6 is 11.3 Å². The van der Waals surface area contributed by atoms with Crippen LogP contribution in [-0.4, -0.2) is 18.7 Å². The van der Waals surface area contributed by atoms with Crippen molar-refractivity contribution in [1.82, 2.24) is 9.97 Å². The monoisotopic (exact) mass is 397 g/mol. The Morgan fingerprint density at radius 3 is 2.33 bits per heavy atom. The number of fused-ring (bicyclic) bond motifs is 1. The molecule has 0 fully saturated rings. The van der Waals surface area contributed by atoms with Crippen LogP contribution in [0.3, 0.4) is 0 Å². The first kappa shape index (κ1) is 17.7. The smallest absolute Gasteiger partial charge is 0.296 e. The minimum absolute atomic E-state index is 0.129. The largest absolute Gasteiger partial charge is 0.374 e. The van der Waals surface area contributed by atoms with Crippen LogP contribution in [0, 0.1) is 13.8 Å². The number of hydrogen-bond donors (Lipinski definition) is 1. The van der Waals surface area contributed by atoms with Gasteiger partial charge >= 0.3 is 5.82 Å². The lowest BCUT2D eigenvalue weighted by Crippen LogP contribution is -2.32. The van der Waals surface area contributed by atoms with Crippen LogP contribution in [0.5, 0.6) is 0 Å². The van der Waals surface area contributed by atoms with Crippen molar-refractivity contribution in [1.29, 1.82) is 0 Å². The van der Waals surface area contributed by atoms with Gasteiger partial charge in [0.1, 0.15) is 9.73 Å². The van der Waals surface area contributed by atoms with Crippen LogP contribution < -0.4 is 4.57 Å². The van der Waals surface area contributed by atoms with E-state index in [2.05, 4.69) is 14.3 Å². The van der Waals surface area contributed by atoms with Crippen molar-refractivity contribution in [3.8, 4) is 5.82 Å². The number of aryl methyl sites for hydroxylation is 2. The first-order valence-corrected chi connectivity index (χ1v) is 10.6. The van der Waals surface area contributed by atoms with Crippen molar-refractivity contribution in [2.45, 2.75) is 18.1 Å². The summed E-state index contributed by atoms with van der Waals surface area (Å²) < 4.78 is 29.5. The molecular formula is C19H17N4O2S2+. The van der Waals surface area contributed by atoms with Crippen molar-refractivity contribution >= 4 is 38.2 Å². The zero-order chi connectivity index (χ0) is 19.0. The van der Waals surface area contributed by atoms with Gasteiger partial charge in [-0.15, -0.1) is 15.7 Å². The first-order chi connectivity index (χ1) is 12.9. The van der Waals surface area contributed by atoms with Crippen molar-refractivity contribution in [2.24, 2.45) is 4.36 Å². The molecule has 8 heteroatoms. The number of thiophene rings is 1. The summed E-state index contributed by atoms with van der Waals surface area (Å²) in [6, 6.07) is 12.7. The topological polar surface area (TPSA) is 79.3 Å². The normalized spacial score (nSPS) is 13.4. The molecule has 0 aliphatic heterocycles. The molecule has 4 aromatic rings. The predicted molar refractivity (Wildman–Crippen MR) is 106 cm³/mol. The van der Waals surface area contributed by atoms with Gasteiger partial charge in [0.25, 0.3) is 5.82 Å². The van der Waals surface area contributed by atoms with Crippen LogP contribution in [0.1, 0.15) is 11.1 Å². The molecular weight excluding hydrogens is 380 g/mol. The third kappa shape index (κ3) is 3.59. The van der Waals surface area contributed by atoms with E-state index in [4.69, 9.17) is 0 Å². The first-order valence-electron chi connectivity index (χ1n) is 8.22. The van der Waals surface area contributed by atoms with Crippen LogP contribution in [0.25, 0.3) is 16.9 Å². The molecule has 1 unspecified atom stereocenters. The molecule has 0 spiro atoms. The summed E-state index contributed by atoms with van der Waals surface area (Å²) in [7, 11) is -3.61. The van der Waals surface area contributed by atoms with E-state index in [0.29, 0.717) is 16.9 Å². The van der Waals surface area contributed by atoms with Crippen molar-refractivity contribution in [2.75, 3.05) is 0 Å². The number of aromatic nitrogens is 3. The van der Waals surface area contributed by atoms with E-state index >= 15 is 0 Å². The van der Waals surface area contributed by atoms with Gasteiger partial charge in [0.2, 0.25) is 15.5 Å². The second kappa shape index (κ2) is 6.80. The lowest BCUT2D eigenvalue weighted by atomic mass is 10.2. The molecule has 0 aliphatic carbocycles. The average Bonchev–Trinajstić information content (AvgIpc) is 3.15. The average molecular weight is 398 g/mol. The van der Waals surface area contributed by atoms with E-state index < -0.39 is 10.0 Å². The second-order valence-electron chi connectivity index (χ2n) is 6.18. The lowest BCUT2D eigenvalue weighted by molar-refractivity contribution is -0.599. The molecule has 1 atom stereocenters. The maximum atomic E-state index is 12.8. The Hall–Kier alpha value is -2.68. The number of nitrogens with zero attached hydrogens (tertiary/aromatic N) is 4. The third-order valence-electron chi connectivity index (χ3n) is 3.89. The molecule has 0 radical (unpaired) electrons. The van der Waals surface area contributed by atoms with Gasteiger partial charge in [-0.2, -0.15) is 4.57 Å². The highest BCUT2D eigenvalue weighted by atomic mass is 32.3. The Labute approximate surface area is 161 Å². The molecule has 27 heavy (non-hydrogen) atoms. The number of rotatable bonds is 3. The highest BCUT2D eigenvalue weighted by molar-refractivity contribution is 7.90. The molecule has 1 N–H and O–H groups in total. The Morgan fingerprint density at radius 1 is 1.04 bits per heavy atom. The molecule has 0 aliphatic rings. The van der Waals surface area contributed by atoms with Gasteiger partial charge in [0.15, 0.2) is 0 Å². The molecule has 3 heterocycles. The lowest BCUT2D eigenvalue weighted by Gasteiger charge is -2.05. The molecule has 0 bridgehead atoms. The van der Waals surface area contributed by atoms with Crippen molar-refractivity contribution < 1.29 is 13.3 Å². The van der Waals surface area contributed by atoms with Gasteiger partial charge in [0.05, 0.1) is 12.4 Å². The molecule has 136 valence electrons. The van der Waals surface area contributed by atoms with Gasteiger partial charge < -0.3 is 0 Å². The summed E-state index contributed by atoms with van der Waals surface area (Å²) in [6.07, 6.45) is 3.80. The summed E-state index contributed by atoms with van der Waals surface area (Å²) in [4.78, 5) is 9.19. The summed E-state index contributed by atoms with van der Waals surface area (Å²) in [5.41, 5.74) is 3.39. The molecule has 1 aromatic carbocycles. The maximum absolute atomic E-state index is 12.8. The highest BCUT2D eigenvalue weighted by Crippen LogP contribution is 2.25. The molecule has 6 nitrogen and oxygen atoms in total. The number of pyridine rings is 1. The van der Waals surface area contributed by atoms with Gasteiger partial charge in [0, 0.05) is 0 Å². The Balaban J connectivity index is 2.02. The van der Waals surface area contributed by atoms with Crippen molar-refractivity contribution in [3.63, 3.8) is 0 Å². The van der Waals surface area contributed by atoms with E-state index in [-0.39, 0.29) is 10.0 Å². The SMILES string of the molecule is Cc1cc(C)c[n+](-c2nc3ccccc3nc2N=S(=O)(O)c2cccs2)c1. The zero-order valence-electron chi connectivity index (χ0n) is 14.7. The quantitative estimate of drug-likeness (QED) is 0.525. The van der Waals surface area contributed by atoms with E-state index in [1.807, 2.05) is 56.6 Å². The van der Waals surface area contributed by atoms with E-state index in [1.165, 1.54) is 11.3 Å². The van der Waals surface area contributed by atoms with Crippen LogP contribution in [0.2, 0.25) is 0 Å². The van der Waals surface area contributed by atoms with Gasteiger partial charge in [-0.3, -0.25) is 4.55 Å². The van der Waals surface area contributed by atoms with Gasteiger partial charge in [-0.1, -0.05) is 18.2 Å². The maximum Gasteiger partial charge on any atom is 0.374 e. The Bertz CT molecular complexity index is 1240. The predicted octanol–water partition coefficient (Wildman–Crippen LogP) is 4.22. The minimum atomic E-state index is -3.61. The third-order valence-corrected chi connectivity index (χ3v) is 6.57. The molecule has 0 saturated heterocycles.